The van der Waals surface area contributed by atoms with Crippen LogP contribution in [0.3, 0.4) is 0 Å². The first-order chi connectivity index (χ1) is 17.0. The summed E-state index contributed by atoms with van der Waals surface area (Å²) in [6, 6.07) is 13.3. The summed E-state index contributed by atoms with van der Waals surface area (Å²) >= 11 is 0. The number of nitrogens with zero attached hydrogens (tertiary/aromatic N) is 3. The molecule has 1 saturated carbocycles. The molecule has 0 radical (unpaired) electrons. The molecule has 192 valence electrons. The number of sulfonamides is 1. The molecule has 1 unspecified atom stereocenters. The van der Waals surface area contributed by atoms with Gasteiger partial charge in [-0.15, -0.1) is 0 Å². The van der Waals surface area contributed by atoms with Gasteiger partial charge in [-0.25, -0.2) is 17.5 Å². The fourth-order valence-electron chi connectivity index (χ4n) is 5.36. The molecule has 1 N–H and O–H groups in total. The highest BCUT2D eigenvalue weighted by atomic mass is 32.2. The van der Waals surface area contributed by atoms with E-state index in [1.165, 1.54) is 6.07 Å². The van der Waals surface area contributed by atoms with Gasteiger partial charge >= 0.3 is 0 Å². The summed E-state index contributed by atoms with van der Waals surface area (Å²) in [6.45, 7) is 4.79. The minimum atomic E-state index is -3.13. The third-order valence-corrected chi connectivity index (χ3v) is 8.77. The van der Waals surface area contributed by atoms with Crippen LogP contribution in [0.2, 0.25) is 0 Å². The first-order valence-electron chi connectivity index (χ1n) is 13.1. The maximum atomic E-state index is 14.0. The number of hydrogen-bond donors (Lipinski definition) is 1. The fraction of sp³-hybridized carbons (Fsp3) is 0.593. The normalized spacial score (nSPS) is 19.2. The van der Waals surface area contributed by atoms with Crippen LogP contribution in [-0.2, 0) is 10.0 Å². The van der Waals surface area contributed by atoms with E-state index < -0.39 is 10.0 Å². The molecule has 2 aliphatic rings. The first-order valence-corrected chi connectivity index (χ1v) is 14.8. The minimum absolute atomic E-state index is 0.0474. The summed E-state index contributed by atoms with van der Waals surface area (Å²) in [5, 5.41) is 0. The standard InChI is InChI=1S/C27H39FN4O2S/c28-24-14-15-29-26(22-24)27(23-10-4-3-5-11-23)32-19-17-31(18-20-32)16-8-1-2-9-21-35(33,34)30-25-12-6-7-13-25/h3-5,10-11,14-15,22,25,27,30H,1-2,6-9,12-13,16-21H2. The number of halogens is 1. The lowest BCUT2D eigenvalue weighted by atomic mass is 10.00. The van der Waals surface area contributed by atoms with Crippen molar-refractivity contribution >= 4 is 10.0 Å². The molecular formula is C27H39FN4O2S. The summed E-state index contributed by atoms with van der Waals surface area (Å²) in [5.74, 6) is -0.00588. The largest absolute Gasteiger partial charge is 0.301 e. The van der Waals surface area contributed by atoms with Gasteiger partial charge in [0.1, 0.15) is 5.82 Å². The van der Waals surface area contributed by atoms with Gasteiger partial charge in [-0.2, -0.15) is 0 Å². The van der Waals surface area contributed by atoms with Crippen LogP contribution in [0.4, 0.5) is 4.39 Å². The predicted molar refractivity (Wildman–Crippen MR) is 138 cm³/mol. The molecular weight excluding hydrogens is 463 g/mol. The summed E-state index contributed by atoms with van der Waals surface area (Å²) in [4.78, 5) is 9.37. The maximum absolute atomic E-state index is 14.0. The topological polar surface area (TPSA) is 65.5 Å². The molecule has 1 aromatic carbocycles. The minimum Gasteiger partial charge on any atom is -0.301 e. The molecule has 1 aromatic heterocycles. The summed E-state index contributed by atoms with van der Waals surface area (Å²) < 4.78 is 41.3. The van der Waals surface area contributed by atoms with Crippen molar-refractivity contribution in [3.63, 3.8) is 0 Å². The third-order valence-electron chi connectivity index (χ3n) is 7.25. The number of pyridine rings is 1. The Labute approximate surface area is 210 Å². The van der Waals surface area contributed by atoms with Crippen molar-refractivity contribution < 1.29 is 12.8 Å². The Morgan fingerprint density at radius 2 is 1.69 bits per heavy atom. The van der Waals surface area contributed by atoms with Gasteiger partial charge in [0.25, 0.3) is 0 Å². The SMILES string of the molecule is O=S(=O)(CCCCCCN1CCN(C(c2ccccc2)c2cc(F)ccn2)CC1)NC1CCCC1. The number of rotatable bonds is 12. The first kappa shape index (κ1) is 26.2. The van der Waals surface area contributed by atoms with Crippen LogP contribution in [0.5, 0.6) is 0 Å². The van der Waals surface area contributed by atoms with Gasteiger partial charge in [-0.1, -0.05) is 56.0 Å². The van der Waals surface area contributed by atoms with E-state index in [0.717, 1.165) is 95.3 Å². The molecule has 2 aromatic rings. The number of hydrogen-bond acceptors (Lipinski definition) is 5. The molecule has 6 nitrogen and oxygen atoms in total. The van der Waals surface area contributed by atoms with Crippen LogP contribution in [0.25, 0.3) is 0 Å². The number of unbranched alkanes of at least 4 members (excludes halogenated alkanes) is 3. The van der Waals surface area contributed by atoms with Crippen molar-refractivity contribution in [2.45, 2.75) is 63.5 Å². The van der Waals surface area contributed by atoms with Crippen molar-refractivity contribution in [3.8, 4) is 0 Å². The maximum Gasteiger partial charge on any atom is 0.211 e. The molecule has 1 aliphatic carbocycles. The van der Waals surface area contributed by atoms with E-state index in [4.69, 9.17) is 0 Å². The number of nitrogens with one attached hydrogen (secondary N) is 1. The monoisotopic (exact) mass is 502 g/mol. The Hall–Kier alpha value is -1.87. The van der Waals surface area contributed by atoms with E-state index >= 15 is 0 Å². The molecule has 1 atom stereocenters. The average molecular weight is 503 g/mol. The van der Waals surface area contributed by atoms with E-state index in [-0.39, 0.29) is 23.7 Å². The quantitative estimate of drug-likeness (QED) is 0.437. The highest BCUT2D eigenvalue weighted by molar-refractivity contribution is 7.89. The van der Waals surface area contributed by atoms with E-state index in [1.54, 1.807) is 12.3 Å². The van der Waals surface area contributed by atoms with Crippen LogP contribution in [0.15, 0.2) is 48.7 Å². The van der Waals surface area contributed by atoms with E-state index in [2.05, 4.69) is 31.6 Å². The zero-order valence-corrected chi connectivity index (χ0v) is 21.4. The molecule has 4 rings (SSSR count). The Morgan fingerprint density at radius 1 is 0.971 bits per heavy atom. The Bertz CT molecular complexity index is 1010. The molecule has 2 fully saturated rings. The molecule has 2 heterocycles. The summed E-state index contributed by atoms with van der Waals surface area (Å²) in [5.41, 5.74) is 1.89. The van der Waals surface area contributed by atoms with Crippen molar-refractivity contribution in [1.82, 2.24) is 19.5 Å². The van der Waals surface area contributed by atoms with E-state index in [1.807, 2.05) is 18.2 Å². The molecule has 1 aliphatic heterocycles. The number of aromatic nitrogens is 1. The Balaban J connectivity index is 1.18. The van der Waals surface area contributed by atoms with Gasteiger partial charge in [0.15, 0.2) is 0 Å². The van der Waals surface area contributed by atoms with Crippen LogP contribution < -0.4 is 4.72 Å². The Morgan fingerprint density at radius 3 is 2.40 bits per heavy atom. The average Bonchev–Trinajstić information content (AvgIpc) is 3.35. The smallest absolute Gasteiger partial charge is 0.211 e. The van der Waals surface area contributed by atoms with Crippen LogP contribution >= 0.6 is 0 Å². The van der Waals surface area contributed by atoms with Gasteiger partial charge in [0.2, 0.25) is 10.0 Å². The van der Waals surface area contributed by atoms with Crippen molar-refractivity contribution in [1.29, 1.82) is 0 Å². The lowest BCUT2D eigenvalue weighted by Gasteiger charge is -2.39. The second-order valence-electron chi connectivity index (χ2n) is 9.92. The molecule has 0 spiro atoms. The zero-order chi connectivity index (χ0) is 24.5. The van der Waals surface area contributed by atoms with Gasteiger partial charge in [-0.05, 0) is 49.9 Å². The second-order valence-corrected chi connectivity index (χ2v) is 11.8. The number of benzene rings is 1. The van der Waals surface area contributed by atoms with E-state index in [9.17, 15) is 12.8 Å². The zero-order valence-electron chi connectivity index (χ0n) is 20.6. The van der Waals surface area contributed by atoms with Gasteiger partial charge in [0, 0.05) is 38.4 Å². The van der Waals surface area contributed by atoms with Crippen molar-refractivity contribution in [3.05, 3.63) is 65.7 Å². The van der Waals surface area contributed by atoms with Gasteiger partial charge < -0.3 is 4.90 Å². The van der Waals surface area contributed by atoms with Gasteiger partial charge in [0.05, 0.1) is 17.5 Å². The summed E-state index contributed by atoms with van der Waals surface area (Å²) in [6.07, 6.45) is 9.61. The summed E-state index contributed by atoms with van der Waals surface area (Å²) in [7, 11) is -3.13. The highest BCUT2D eigenvalue weighted by Crippen LogP contribution is 2.28. The second kappa shape index (κ2) is 12.9. The highest BCUT2D eigenvalue weighted by Gasteiger charge is 2.27. The Kier molecular flexibility index (Phi) is 9.66. The lowest BCUT2D eigenvalue weighted by Crippen LogP contribution is -2.48. The van der Waals surface area contributed by atoms with Gasteiger partial charge in [-0.3, -0.25) is 9.88 Å². The van der Waals surface area contributed by atoms with E-state index in [0.29, 0.717) is 0 Å². The van der Waals surface area contributed by atoms with Crippen LogP contribution in [0, 0.1) is 5.82 Å². The van der Waals surface area contributed by atoms with Crippen molar-refractivity contribution in [2.24, 2.45) is 0 Å². The molecule has 1 saturated heterocycles. The molecule has 0 bridgehead atoms. The molecule has 0 amide bonds. The fourth-order valence-corrected chi connectivity index (χ4v) is 6.80. The number of piperazine rings is 1. The lowest BCUT2D eigenvalue weighted by molar-refractivity contribution is 0.106. The third kappa shape index (κ3) is 8.07. The predicted octanol–water partition coefficient (Wildman–Crippen LogP) is 4.35. The van der Waals surface area contributed by atoms with Crippen molar-refractivity contribution in [2.75, 3.05) is 38.5 Å². The molecule has 8 heteroatoms. The molecule has 35 heavy (non-hydrogen) atoms. The van der Waals surface area contributed by atoms with Crippen LogP contribution in [-0.4, -0.2) is 67.7 Å². The van der Waals surface area contributed by atoms with Crippen LogP contribution in [0.1, 0.15) is 68.7 Å².